The molecule has 0 atom stereocenters. The van der Waals surface area contributed by atoms with Crippen LogP contribution in [0.2, 0.25) is 0 Å². The summed E-state index contributed by atoms with van der Waals surface area (Å²) in [5.41, 5.74) is 7.71. The molecule has 1 aliphatic rings. The SMILES string of the molecule is N=C(N)c1ccc(COc2ccc3c(c2)C(=O)N(CCC(=O)O)Cc2nc4ccccc4c(=O)n2-3)cc1. The minimum Gasteiger partial charge on any atom is -0.489 e. The first-order valence-corrected chi connectivity index (χ1v) is 11.5. The minimum absolute atomic E-state index is 0.0143. The van der Waals surface area contributed by atoms with E-state index in [2.05, 4.69) is 4.98 Å². The lowest BCUT2D eigenvalue weighted by Crippen LogP contribution is -2.32. The van der Waals surface area contributed by atoms with Gasteiger partial charge in [0.2, 0.25) is 0 Å². The fraction of sp³-hybridized carbons (Fsp3) is 0.148. The molecule has 0 bridgehead atoms. The van der Waals surface area contributed by atoms with Crippen molar-refractivity contribution in [2.45, 2.75) is 19.6 Å². The largest absolute Gasteiger partial charge is 0.489 e. The minimum atomic E-state index is -1.03. The molecule has 10 nitrogen and oxygen atoms in total. The van der Waals surface area contributed by atoms with Gasteiger partial charge >= 0.3 is 5.97 Å². The molecule has 0 aliphatic carbocycles. The van der Waals surface area contributed by atoms with E-state index in [4.69, 9.17) is 15.9 Å². The molecule has 1 aliphatic heterocycles. The number of carboxylic acid groups (broad SMARTS) is 1. The number of para-hydroxylation sites is 1. The van der Waals surface area contributed by atoms with Crippen LogP contribution in [0.4, 0.5) is 0 Å². The Morgan fingerprint density at radius 3 is 2.57 bits per heavy atom. The van der Waals surface area contributed by atoms with Gasteiger partial charge in [0.15, 0.2) is 0 Å². The first-order chi connectivity index (χ1) is 17.8. The zero-order valence-electron chi connectivity index (χ0n) is 19.7. The number of nitrogens with one attached hydrogen (secondary N) is 1. The summed E-state index contributed by atoms with van der Waals surface area (Å²) >= 11 is 0. The molecule has 0 unspecified atom stereocenters. The molecule has 10 heteroatoms. The summed E-state index contributed by atoms with van der Waals surface area (Å²) in [6.07, 6.45) is -0.245. The lowest BCUT2D eigenvalue weighted by molar-refractivity contribution is -0.137. The molecule has 0 saturated heterocycles. The van der Waals surface area contributed by atoms with Crippen LogP contribution >= 0.6 is 0 Å². The maximum absolute atomic E-state index is 13.6. The molecule has 1 amide bonds. The monoisotopic (exact) mass is 497 g/mol. The standard InChI is InChI=1S/C27H23N5O5/c28-25(29)17-7-5-16(6-8-17)15-37-18-9-10-22-20(13-18)26(35)31(12-11-24(33)34)14-23-30-21-4-2-1-3-19(21)27(36)32(22)23/h1-10,13H,11-12,14-15H2,(H3,28,29)(H,33,34). The van der Waals surface area contributed by atoms with E-state index >= 15 is 0 Å². The third-order valence-corrected chi connectivity index (χ3v) is 6.17. The quantitative estimate of drug-likeness (QED) is 0.262. The van der Waals surface area contributed by atoms with Gasteiger partial charge in [-0.1, -0.05) is 36.4 Å². The van der Waals surface area contributed by atoms with Crippen LogP contribution in [0, 0.1) is 5.41 Å². The highest BCUT2D eigenvalue weighted by Gasteiger charge is 2.29. The summed E-state index contributed by atoms with van der Waals surface area (Å²) in [6.45, 7) is 0.153. The molecular weight excluding hydrogens is 474 g/mol. The highest BCUT2D eigenvalue weighted by Crippen LogP contribution is 2.28. The van der Waals surface area contributed by atoms with E-state index in [9.17, 15) is 19.5 Å². The molecule has 2 heterocycles. The number of fused-ring (bicyclic) bond motifs is 4. The number of aromatic nitrogens is 2. The highest BCUT2D eigenvalue weighted by molar-refractivity contribution is 5.99. The van der Waals surface area contributed by atoms with Crippen molar-refractivity contribution in [3.05, 3.63) is 99.6 Å². The number of nitrogens with two attached hydrogens (primary N) is 1. The topological polar surface area (TPSA) is 152 Å². The van der Waals surface area contributed by atoms with Crippen LogP contribution < -0.4 is 16.0 Å². The van der Waals surface area contributed by atoms with Gasteiger partial charge in [0.1, 0.15) is 24.0 Å². The molecule has 37 heavy (non-hydrogen) atoms. The van der Waals surface area contributed by atoms with Gasteiger partial charge in [-0.15, -0.1) is 0 Å². The number of amidine groups is 1. The zero-order valence-corrected chi connectivity index (χ0v) is 19.7. The Bertz CT molecular complexity index is 1610. The Morgan fingerprint density at radius 2 is 1.84 bits per heavy atom. The van der Waals surface area contributed by atoms with Crippen molar-refractivity contribution in [1.29, 1.82) is 5.41 Å². The van der Waals surface area contributed by atoms with E-state index in [0.29, 0.717) is 33.7 Å². The molecule has 0 fully saturated rings. The van der Waals surface area contributed by atoms with Crippen LogP contribution in [-0.4, -0.2) is 43.8 Å². The normalized spacial score (nSPS) is 12.5. The van der Waals surface area contributed by atoms with Crippen molar-refractivity contribution in [3.8, 4) is 11.4 Å². The molecule has 0 spiro atoms. The smallest absolute Gasteiger partial charge is 0.305 e. The maximum atomic E-state index is 13.6. The molecule has 5 rings (SSSR count). The number of nitrogen functional groups attached to an aromatic ring is 1. The molecule has 1 aromatic heterocycles. The average molecular weight is 498 g/mol. The lowest BCUT2D eigenvalue weighted by atomic mass is 10.1. The molecule has 0 saturated carbocycles. The summed E-state index contributed by atoms with van der Waals surface area (Å²) in [5.74, 6) is -0.718. The van der Waals surface area contributed by atoms with Crippen LogP contribution in [0.5, 0.6) is 5.75 Å². The van der Waals surface area contributed by atoms with Gasteiger partial charge < -0.3 is 20.5 Å². The number of hydrogen-bond acceptors (Lipinski definition) is 6. The second-order valence-electron chi connectivity index (χ2n) is 8.63. The number of nitrogens with zero attached hydrogens (tertiary/aromatic N) is 3. The third-order valence-electron chi connectivity index (χ3n) is 6.17. The van der Waals surface area contributed by atoms with E-state index in [-0.39, 0.29) is 43.1 Å². The van der Waals surface area contributed by atoms with E-state index in [1.54, 1.807) is 66.7 Å². The van der Waals surface area contributed by atoms with Crippen LogP contribution in [-0.2, 0) is 17.9 Å². The number of ether oxygens (including phenoxy) is 1. The zero-order chi connectivity index (χ0) is 26.1. The second kappa shape index (κ2) is 9.57. The van der Waals surface area contributed by atoms with Gasteiger partial charge in [-0.3, -0.25) is 24.4 Å². The first kappa shape index (κ1) is 23.7. The van der Waals surface area contributed by atoms with Gasteiger partial charge in [-0.05, 0) is 35.9 Å². The number of hydrogen-bond donors (Lipinski definition) is 3. The van der Waals surface area contributed by atoms with Crippen molar-refractivity contribution >= 4 is 28.6 Å². The molecule has 0 radical (unpaired) electrons. The number of carboxylic acids is 1. The number of rotatable bonds is 7. The molecule has 186 valence electrons. The predicted molar refractivity (Wildman–Crippen MR) is 136 cm³/mol. The molecular formula is C27H23N5O5. The van der Waals surface area contributed by atoms with Crippen molar-refractivity contribution in [1.82, 2.24) is 14.5 Å². The third kappa shape index (κ3) is 4.64. The van der Waals surface area contributed by atoms with E-state index in [1.807, 2.05) is 0 Å². The Kier molecular flexibility index (Phi) is 6.14. The Labute approximate surface area is 211 Å². The maximum Gasteiger partial charge on any atom is 0.305 e. The second-order valence-corrected chi connectivity index (χ2v) is 8.63. The Morgan fingerprint density at radius 1 is 1.08 bits per heavy atom. The number of carbonyl (C=O) groups excluding carboxylic acids is 1. The summed E-state index contributed by atoms with van der Waals surface area (Å²) in [7, 11) is 0. The van der Waals surface area contributed by atoms with Crippen LogP contribution in [0.1, 0.15) is 33.7 Å². The predicted octanol–water partition coefficient (Wildman–Crippen LogP) is 2.68. The van der Waals surface area contributed by atoms with Crippen molar-refractivity contribution in [2.75, 3.05) is 6.54 Å². The number of carbonyl (C=O) groups is 2. The molecule has 4 aromatic rings. The van der Waals surface area contributed by atoms with Crippen molar-refractivity contribution < 1.29 is 19.4 Å². The lowest BCUT2D eigenvalue weighted by Gasteiger charge is -2.19. The van der Waals surface area contributed by atoms with Gasteiger partial charge in [0.25, 0.3) is 11.5 Å². The first-order valence-electron chi connectivity index (χ1n) is 11.5. The van der Waals surface area contributed by atoms with Crippen LogP contribution in [0.25, 0.3) is 16.6 Å². The van der Waals surface area contributed by atoms with Gasteiger partial charge in [-0.2, -0.15) is 0 Å². The summed E-state index contributed by atoms with van der Waals surface area (Å²) < 4.78 is 7.33. The molecule has 3 aromatic carbocycles. The summed E-state index contributed by atoms with van der Waals surface area (Å²) in [6, 6.07) is 18.9. The summed E-state index contributed by atoms with van der Waals surface area (Å²) in [5, 5.41) is 17.1. The number of benzene rings is 3. The fourth-order valence-corrected chi connectivity index (χ4v) is 4.28. The Hall–Kier alpha value is -4.99. The average Bonchev–Trinajstić information content (AvgIpc) is 3.01. The van der Waals surface area contributed by atoms with E-state index in [0.717, 1.165) is 5.56 Å². The number of aliphatic carboxylic acids is 1. The van der Waals surface area contributed by atoms with Crippen molar-refractivity contribution in [3.63, 3.8) is 0 Å². The Balaban J connectivity index is 1.55. The van der Waals surface area contributed by atoms with Gasteiger partial charge in [0.05, 0.1) is 35.1 Å². The van der Waals surface area contributed by atoms with Gasteiger partial charge in [-0.25, -0.2) is 4.98 Å². The highest BCUT2D eigenvalue weighted by atomic mass is 16.5. The molecule has 4 N–H and O–H groups in total. The fourth-order valence-electron chi connectivity index (χ4n) is 4.28. The number of amides is 1. The van der Waals surface area contributed by atoms with E-state index < -0.39 is 11.9 Å². The van der Waals surface area contributed by atoms with E-state index in [1.165, 1.54) is 9.47 Å². The van der Waals surface area contributed by atoms with Crippen molar-refractivity contribution in [2.24, 2.45) is 5.73 Å². The van der Waals surface area contributed by atoms with Gasteiger partial charge in [0, 0.05) is 12.1 Å². The van der Waals surface area contributed by atoms with Crippen LogP contribution in [0.15, 0.2) is 71.5 Å². The summed E-state index contributed by atoms with van der Waals surface area (Å²) in [4.78, 5) is 44.3. The van der Waals surface area contributed by atoms with Crippen LogP contribution in [0.3, 0.4) is 0 Å².